The number of benzene rings is 3. The van der Waals surface area contributed by atoms with Gasteiger partial charge in [-0.05, 0) is 47.6 Å². The standard InChI is InChI=1S/C36H41N3O4/c1-7-18-38(36(42)37-34-29(24(2)3)14-11-15-30(34)25(4)5)22-33(40)39(20-27-12-9-8-10-13-27)21-28-23-43-32-17-16-26(6)19-31(32)35(28)41/h7-17,19,23-25H,1,18,20-22H2,2-6H3,(H,37,42). The molecule has 4 aromatic rings. The first kappa shape index (κ1) is 31.3. The van der Waals surface area contributed by atoms with Gasteiger partial charge in [-0.25, -0.2) is 4.79 Å². The van der Waals surface area contributed by atoms with E-state index in [1.807, 2.05) is 61.5 Å². The Morgan fingerprint density at radius 2 is 1.58 bits per heavy atom. The Morgan fingerprint density at radius 3 is 2.21 bits per heavy atom. The second kappa shape index (κ2) is 14.0. The molecule has 43 heavy (non-hydrogen) atoms. The van der Waals surface area contributed by atoms with Crippen LogP contribution in [0.2, 0.25) is 0 Å². The lowest BCUT2D eigenvalue weighted by molar-refractivity contribution is -0.133. The first-order valence-corrected chi connectivity index (χ1v) is 14.7. The maximum absolute atomic E-state index is 13.9. The van der Waals surface area contributed by atoms with E-state index in [1.165, 1.54) is 11.2 Å². The van der Waals surface area contributed by atoms with E-state index in [9.17, 15) is 14.4 Å². The largest absolute Gasteiger partial charge is 0.464 e. The van der Waals surface area contributed by atoms with Gasteiger partial charge in [0.15, 0.2) is 5.43 Å². The third-order valence-electron chi connectivity index (χ3n) is 7.50. The van der Waals surface area contributed by atoms with Crippen molar-refractivity contribution in [2.75, 3.05) is 18.4 Å². The fourth-order valence-corrected chi connectivity index (χ4v) is 5.16. The molecule has 224 valence electrons. The highest BCUT2D eigenvalue weighted by Gasteiger charge is 2.24. The van der Waals surface area contributed by atoms with Gasteiger partial charge in [-0.1, -0.05) is 93.9 Å². The summed E-state index contributed by atoms with van der Waals surface area (Å²) >= 11 is 0. The van der Waals surface area contributed by atoms with Crippen molar-refractivity contribution in [2.45, 2.75) is 59.5 Å². The van der Waals surface area contributed by atoms with E-state index >= 15 is 0 Å². The maximum atomic E-state index is 13.9. The number of carbonyl (C=O) groups excluding carboxylic acids is 2. The smallest absolute Gasteiger partial charge is 0.322 e. The molecule has 3 aromatic carbocycles. The van der Waals surface area contributed by atoms with Crippen molar-refractivity contribution in [1.82, 2.24) is 9.80 Å². The molecule has 7 heteroatoms. The van der Waals surface area contributed by atoms with Crippen LogP contribution in [-0.2, 0) is 17.9 Å². The van der Waals surface area contributed by atoms with Crippen LogP contribution in [0, 0.1) is 6.92 Å². The minimum Gasteiger partial charge on any atom is -0.464 e. The van der Waals surface area contributed by atoms with Gasteiger partial charge in [0.2, 0.25) is 5.91 Å². The highest BCUT2D eigenvalue weighted by atomic mass is 16.3. The van der Waals surface area contributed by atoms with Gasteiger partial charge in [0.1, 0.15) is 12.1 Å². The van der Waals surface area contributed by atoms with Gasteiger partial charge in [0, 0.05) is 18.8 Å². The highest BCUT2D eigenvalue weighted by Crippen LogP contribution is 2.32. The van der Waals surface area contributed by atoms with E-state index in [0.29, 0.717) is 16.5 Å². The number of anilines is 1. The van der Waals surface area contributed by atoms with E-state index in [4.69, 9.17) is 4.42 Å². The molecule has 1 N–H and O–H groups in total. The van der Waals surface area contributed by atoms with Crippen LogP contribution in [0.15, 0.2) is 94.9 Å². The predicted molar refractivity (Wildman–Crippen MR) is 173 cm³/mol. The molecule has 1 aromatic heterocycles. The summed E-state index contributed by atoms with van der Waals surface area (Å²) < 4.78 is 5.77. The first-order valence-electron chi connectivity index (χ1n) is 14.7. The molecule has 1 heterocycles. The van der Waals surface area contributed by atoms with Crippen molar-refractivity contribution >= 4 is 28.6 Å². The minimum absolute atomic E-state index is 0.0389. The van der Waals surface area contributed by atoms with Gasteiger partial charge in [0.25, 0.3) is 0 Å². The summed E-state index contributed by atoms with van der Waals surface area (Å²) in [5, 5.41) is 3.58. The molecule has 0 saturated heterocycles. The lowest BCUT2D eigenvalue weighted by atomic mass is 9.93. The van der Waals surface area contributed by atoms with Gasteiger partial charge >= 0.3 is 6.03 Å². The number of amides is 3. The fraction of sp³-hybridized carbons (Fsp3) is 0.306. The number of nitrogens with one attached hydrogen (secondary N) is 1. The van der Waals surface area contributed by atoms with E-state index < -0.39 is 0 Å². The molecule has 0 spiro atoms. The monoisotopic (exact) mass is 579 g/mol. The van der Waals surface area contributed by atoms with E-state index in [2.05, 4.69) is 39.6 Å². The molecular formula is C36H41N3O4. The lowest BCUT2D eigenvalue weighted by Crippen LogP contribution is -2.44. The third kappa shape index (κ3) is 7.60. The molecule has 0 bridgehead atoms. The van der Waals surface area contributed by atoms with Crippen molar-refractivity contribution in [3.63, 3.8) is 0 Å². The average molecular weight is 580 g/mol. The van der Waals surface area contributed by atoms with Crippen LogP contribution in [-0.4, -0.2) is 34.8 Å². The minimum atomic E-state index is -0.386. The van der Waals surface area contributed by atoms with Crippen LogP contribution in [0.1, 0.15) is 67.3 Å². The number of urea groups is 1. The van der Waals surface area contributed by atoms with Crippen molar-refractivity contribution in [2.24, 2.45) is 0 Å². The number of para-hydroxylation sites is 1. The van der Waals surface area contributed by atoms with Crippen molar-refractivity contribution in [3.8, 4) is 0 Å². The van der Waals surface area contributed by atoms with Crippen LogP contribution in [0.25, 0.3) is 11.0 Å². The Balaban J connectivity index is 1.63. The van der Waals surface area contributed by atoms with E-state index in [0.717, 1.165) is 27.9 Å². The molecule has 0 saturated carbocycles. The first-order chi connectivity index (χ1) is 20.6. The SMILES string of the molecule is C=CCN(CC(=O)N(Cc1ccccc1)Cc1coc2ccc(C)cc2c1=O)C(=O)Nc1c(C(C)C)cccc1C(C)C. The second-order valence-electron chi connectivity index (χ2n) is 11.5. The molecule has 7 nitrogen and oxygen atoms in total. The summed E-state index contributed by atoms with van der Waals surface area (Å²) in [4.78, 5) is 44.1. The van der Waals surface area contributed by atoms with Gasteiger partial charge in [-0.15, -0.1) is 6.58 Å². The Labute approximate surface area is 253 Å². The van der Waals surface area contributed by atoms with Crippen molar-refractivity contribution in [1.29, 1.82) is 0 Å². The van der Waals surface area contributed by atoms with E-state index in [1.54, 1.807) is 23.1 Å². The number of aryl methyl sites for hydroxylation is 1. The second-order valence-corrected chi connectivity index (χ2v) is 11.5. The quantitative estimate of drug-likeness (QED) is 0.186. The topological polar surface area (TPSA) is 82.9 Å². The summed E-state index contributed by atoms with van der Waals surface area (Å²) in [7, 11) is 0. The average Bonchev–Trinajstić information content (AvgIpc) is 2.98. The summed E-state index contributed by atoms with van der Waals surface area (Å²) in [6.07, 6.45) is 3.03. The number of nitrogens with zero attached hydrogens (tertiary/aromatic N) is 2. The van der Waals surface area contributed by atoms with Gasteiger partial charge in [0.05, 0.1) is 23.8 Å². The van der Waals surface area contributed by atoms with Gasteiger partial charge < -0.3 is 19.5 Å². The zero-order chi connectivity index (χ0) is 31.1. The highest BCUT2D eigenvalue weighted by molar-refractivity contribution is 5.94. The molecule has 0 unspecified atom stereocenters. The zero-order valence-electron chi connectivity index (χ0n) is 25.7. The fourth-order valence-electron chi connectivity index (χ4n) is 5.16. The van der Waals surface area contributed by atoms with Crippen LogP contribution in [0.3, 0.4) is 0 Å². The molecular weight excluding hydrogens is 538 g/mol. The Hall–Kier alpha value is -4.65. The van der Waals surface area contributed by atoms with Crippen molar-refractivity contribution < 1.29 is 14.0 Å². The molecule has 4 rings (SSSR count). The van der Waals surface area contributed by atoms with Gasteiger partial charge in [-0.2, -0.15) is 0 Å². The Bertz CT molecular complexity index is 1630. The molecule has 0 atom stereocenters. The maximum Gasteiger partial charge on any atom is 0.322 e. The molecule has 0 aliphatic heterocycles. The summed E-state index contributed by atoms with van der Waals surface area (Å²) in [6.45, 7) is 14.4. The number of carbonyl (C=O) groups is 2. The predicted octanol–water partition coefficient (Wildman–Crippen LogP) is 7.60. The summed E-state index contributed by atoms with van der Waals surface area (Å²) in [5.74, 6) is 0.0930. The lowest BCUT2D eigenvalue weighted by Gasteiger charge is -2.28. The molecule has 0 aliphatic rings. The third-order valence-corrected chi connectivity index (χ3v) is 7.50. The zero-order valence-corrected chi connectivity index (χ0v) is 25.7. The van der Waals surface area contributed by atoms with Crippen LogP contribution in [0.5, 0.6) is 0 Å². The van der Waals surface area contributed by atoms with Crippen molar-refractivity contribution in [3.05, 3.63) is 124 Å². The van der Waals surface area contributed by atoms with E-state index in [-0.39, 0.29) is 55.4 Å². The summed E-state index contributed by atoms with van der Waals surface area (Å²) in [6, 6.07) is 20.7. The number of hydrogen-bond acceptors (Lipinski definition) is 4. The Kier molecular flexibility index (Phi) is 10.2. The number of fused-ring (bicyclic) bond motifs is 1. The molecule has 0 aliphatic carbocycles. The van der Waals surface area contributed by atoms with Gasteiger partial charge in [-0.3, -0.25) is 9.59 Å². The van der Waals surface area contributed by atoms with Crippen LogP contribution < -0.4 is 10.7 Å². The molecule has 0 fully saturated rings. The normalized spacial score (nSPS) is 11.1. The van der Waals surface area contributed by atoms with Crippen LogP contribution in [0.4, 0.5) is 10.5 Å². The molecule has 3 amide bonds. The molecule has 0 radical (unpaired) electrons. The Morgan fingerprint density at radius 1 is 0.907 bits per heavy atom. The number of rotatable bonds is 11. The van der Waals surface area contributed by atoms with Crippen LogP contribution >= 0.6 is 0 Å². The number of hydrogen-bond donors (Lipinski definition) is 1. The summed E-state index contributed by atoms with van der Waals surface area (Å²) in [5.41, 5.74) is 5.39.